The molecule has 2 N–H and O–H groups in total. The first kappa shape index (κ1) is 15.2. The summed E-state index contributed by atoms with van der Waals surface area (Å²) in [5.74, 6) is 0. The van der Waals surface area contributed by atoms with Crippen LogP contribution in [0.2, 0.25) is 0 Å². The third kappa shape index (κ3) is 2.77. The second-order valence-corrected chi connectivity index (χ2v) is 7.16. The smallest absolute Gasteiger partial charge is 0.0352 e. The maximum Gasteiger partial charge on any atom is 0.0352 e. The minimum absolute atomic E-state index is 0.142. The Morgan fingerprint density at radius 3 is 1.89 bits per heavy atom. The Morgan fingerprint density at radius 2 is 1.44 bits per heavy atom. The van der Waals surface area contributed by atoms with E-state index in [1.807, 2.05) is 0 Å². The Bertz CT molecular complexity index is 408. The lowest BCUT2D eigenvalue weighted by Crippen LogP contribution is -2.36. The third-order valence-electron chi connectivity index (χ3n) is 4.90. The van der Waals surface area contributed by atoms with E-state index in [-0.39, 0.29) is 16.4 Å². The highest BCUT2D eigenvalue weighted by Crippen LogP contribution is 2.44. The lowest BCUT2D eigenvalue weighted by Gasteiger charge is -2.42. The first-order valence-corrected chi connectivity index (χ1v) is 6.92. The third-order valence-corrected chi connectivity index (χ3v) is 4.90. The van der Waals surface area contributed by atoms with Crippen LogP contribution in [-0.4, -0.2) is 0 Å². The largest absolute Gasteiger partial charge is 0.322 e. The average molecular weight is 247 g/mol. The topological polar surface area (TPSA) is 26.0 Å². The molecule has 0 saturated heterocycles. The molecule has 0 aromatic heterocycles. The maximum atomic E-state index is 6.21. The average Bonchev–Trinajstić information content (AvgIpc) is 2.28. The molecule has 0 spiro atoms. The van der Waals surface area contributed by atoms with E-state index in [1.165, 1.54) is 11.1 Å². The summed E-state index contributed by atoms with van der Waals surface area (Å²) in [6, 6.07) is 8.76. The molecule has 0 aliphatic heterocycles. The van der Waals surface area contributed by atoms with Crippen LogP contribution in [0.3, 0.4) is 0 Å². The van der Waals surface area contributed by atoms with Gasteiger partial charge < -0.3 is 5.73 Å². The lowest BCUT2D eigenvalue weighted by molar-refractivity contribution is 0.189. The van der Waals surface area contributed by atoms with Crippen molar-refractivity contribution in [1.29, 1.82) is 0 Å². The van der Waals surface area contributed by atoms with Gasteiger partial charge in [0.1, 0.15) is 0 Å². The van der Waals surface area contributed by atoms with Crippen molar-refractivity contribution in [1.82, 2.24) is 0 Å². The molecule has 0 saturated carbocycles. The molecule has 0 heterocycles. The zero-order valence-electron chi connectivity index (χ0n) is 13.1. The fourth-order valence-corrected chi connectivity index (χ4v) is 2.14. The van der Waals surface area contributed by atoms with E-state index in [2.05, 4.69) is 72.7 Å². The normalized spacial score (nSPS) is 13.8. The van der Waals surface area contributed by atoms with Gasteiger partial charge in [0.15, 0.2) is 0 Å². The van der Waals surface area contributed by atoms with Gasteiger partial charge in [0, 0.05) is 5.54 Å². The number of hydrogen-bond donors (Lipinski definition) is 1. The summed E-state index contributed by atoms with van der Waals surface area (Å²) in [6.07, 6.45) is 1.16. The molecular weight excluding hydrogens is 218 g/mol. The van der Waals surface area contributed by atoms with Crippen LogP contribution in [-0.2, 0) is 11.0 Å². The van der Waals surface area contributed by atoms with Crippen molar-refractivity contribution in [3.8, 4) is 0 Å². The molecular formula is C17H29N. The molecule has 1 aromatic carbocycles. The summed E-state index contributed by atoms with van der Waals surface area (Å²) < 4.78 is 0. The van der Waals surface area contributed by atoms with Crippen LogP contribution >= 0.6 is 0 Å². The molecule has 1 nitrogen and oxygen atoms in total. The van der Waals surface area contributed by atoms with Gasteiger partial charge in [0.25, 0.3) is 0 Å². The van der Waals surface area contributed by atoms with Crippen molar-refractivity contribution in [3.63, 3.8) is 0 Å². The predicted octanol–water partition coefficient (Wildman–Crippen LogP) is 4.59. The van der Waals surface area contributed by atoms with E-state index in [4.69, 9.17) is 5.73 Å². The Kier molecular flexibility index (Phi) is 3.97. The molecule has 1 aromatic rings. The molecule has 0 atom stereocenters. The number of nitrogens with two attached hydrogens (primary N) is 1. The SMILES string of the molecule is CCC(C)(C)C(C)(C)c1cccc(C(C)(C)N)c1. The summed E-state index contributed by atoms with van der Waals surface area (Å²) in [7, 11) is 0. The maximum absolute atomic E-state index is 6.21. The van der Waals surface area contributed by atoms with Crippen molar-refractivity contribution >= 4 is 0 Å². The Morgan fingerprint density at radius 1 is 0.944 bits per heavy atom. The number of rotatable bonds is 4. The van der Waals surface area contributed by atoms with Gasteiger partial charge in [-0.1, -0.05) is 65.3 Å². The van der Waals surface area contributed by atoms with Crippen LogP contribution in [0.15, 0.2) is 24.3 Å². The number of hydrogen-bond acceptors (Lipinski definition) is 1. The molecule has 0 bridgehead atoms. The fraction of sp³-hybridized carbons (Fsp3) is 0.647. The Hall–Kier alpha value is -0.820. The highest BCUT2D eigenvalue weighted by molar-refractivity contribution is 5.34. The van der Waals surface area contributed by atoms with Gasteiger partial charge in [0.2, 0.25) is 0 Å². The minimum atomic E-state index is -0.275. The molecule has 0 amide bonds. The summed E-state index contributed by atoms with van der Waals surface area (Å²) >= 11 is 0. The first-order valence-electron chi connectivity index (χ1n) is 6.92. The number of benzene rings is 1. The van der Waals surface area contributed by atoms with Crippen LogP contribution < -0.4 is 5.73 Å². The van der Waals surface area contributed by atoms with Gasteiger partial charge in [-0.3, -0.25) is 0 Å². The van der Waals surface area contributed by atoms with Crippen molar-refractivity contribution in [3.05, 3.63) is 35.4 Å². The molecule has 102 valence electrons. The Balaban J connectivity index is 3.26. The van der Waals surface area contributed by atoms with E-state index in [1.54, 1.807) is 0 Å². The van der Waals surface area contributed by atoms with Crippen molar-refractivity contribution in [2.75, 3.05) is 0 Å². The quantitative estimate of drug-likeness (QED) is 0.827. The van der Waals surface area contributed by atoms with E-state index in [9.17, 15) is 0 Å². The highest BCUT2D eigenvalue weighted by atomic mass is 14.7. The van der Waals surface area contributed by atoms with Crippen molar-refractivity contribution < 1.29 is 0 Å². The van der Waals surface area contributed by atoms with Crippen molar-refractivity contribution in [2.45, 2.75) is 65.8 Å². The first-order chi connectivity index (χ1) is 8.02. The highest BCUT2D eigenvalue weighted by Gasteiger charge is 2.37. The zero-order chi connectivity index (χ0) is 14.2. The van der Waals surface area contributed by atoms with Crippen LogP contribution in [0, 0.1) is 5.41 Å². The molecule has 18 heavy (non-hydrogen) atoms. The summed E-state index contributed by atoms with van der Waals surface area (Å²) in [5.41, 5.74) is 8.93. The van der Waals surface area contributed by atoms with E-state index in [0.717, 1.165) is 6.42 Å². The molecule has 0 radical (unpaired) electrons. The summed E-state index contributed by atoms with van der Waals surface area (Å²) in [5, 5.41) is 0. The molecule has 0 aliphatic rings. The van der Waals surface area contributed by atoms with Gasteiger partial charge >= 0.3 is 0 Å². The van der Waals surface area contributed by atoms with Gasteiger partial charge in [-0.05, 0) is 35.8 Å². The van der Waals surface area contributed by atoms with E-state index >= 15 is 0 Å². The van der Waals surface area contributed by atoms with Gasteiger partial charge in [-0.2, -0.15) is 0 Å². The van der Waals surface area contributed by atoms with Gasteiger partial charge in [-0.15, -0.1) is 0 Å². The van der Waals surface area contributed by atoms with Gasteiger partial charge in [0.05, 0.1) is 0 Å². The molecule has 0 aliphatic carbocycles. The van der Waals surface area contributed by atoms with E-state index < -0.39 is 0 Å². The predicted molar refractivity (Wildman–Crippen MR) is 80.8 cm³/mol. The second-order valence-electron chi connectivity index (χ2n) is 7.16. The molecule has 0 unspecified atom stereocenters. The van der Waals surface area contributed by atoms with Crippen LogP contribution in [0.25, 0.3) is 0 Å². The lowest BCUT2D eigenvalue weighted by atomic mass is 9.62. The van der Waals surface area contributed by atoms with Crippen LogP contribution in [0.1, 0.15) is 66.0 Å². The monoisotopic (exact) mass is 247 g/mol. The van der Waals surface area contributed by atoms with Crippen LogP contribution in [0.4, 0.5) is 0 Å². The van der Waals surface area contributed by atoms with Crippen LogP contribution in [0.5, 0.6) is 0 Å². The summed E-state index contributed by atoms with van der Waals surface area (Å²) in [6.45, 7) is 15.7. The molecule has 1 heteroatoms. The van der Waals surface area contributed by atoms with E-state index in [0.29, 0.717) is 0 Å². The Labute approximate surface area is 113 Å². The molecule has 1 rings (SSSR count). The second kappa shape index (κ2) is 4.70. The summed E-state index contributed by atoms with van der Waals surface area (Å²) in [4.78, 5) is 0. The van der Waals surface area contributed by atoms with Crippen molar-refractivity contribution in [2.24, 2.45) is 11.1 Å². The van der Waals surface area contributed by atoms with Gasteiger partial charge in [-0.25, -0.2) is 0 Å². The minimum Gasteiger partial charge on any atom is -0.322 e. The zero-order valence-corrected chi connectivity index (χ0v) is 13.1. The fourth-order valence-electron chi connectivity index (χ4n) is 2.14. The molecule has 0 fully saturated rings. The standard InChI is InChI=1S/C17H29N/c1-8-15(2,3)16(4,5)13-10-9-11-14(12-13)17(6,7)18/h9-12H,8,18H2,1-7H3.